The van der Waals surface area contributed by atoms with Crippen molar-refractivity contribution in [2.24, 2.45) is 0 Å². The first-order chi connectivity index (χ1) is 37.4. The standard InChI is InChI=1S/C63H67B3N4O8/c1-40-27-41(29-44(28-40)66(75)76)34-67(5)36-56-49-19-11-15-23-53(49)59(54-24-16-12-20-50(54)56)39-70(8)62(72)55-26-25-43(32-60(55)63(2,3)4)61(71)69(7)38-58-51-21-13-9-17-47(51)57(48-18-10-14-22-52(48)58)37-68(6)35-42-30-45(77-64-73)33-46(31-42)78-65-74/h9-33,64-65,73-76H,34-39H2,1-8H3. The zero-order chi connectivity index (χ0) is 55.4. The van der Waals surface area contributed by atoms with Crippen LogP contribution in [0.3, 0.4) is 0 Å². The number of hydrogen-bond donors (Lipinski definition) is 4. The van der Waals surface area contributed by atoms with Gasteiger partial charge in [-0.1, -0.05) is 142 Å². The van der Waals surface area contributed by atoms with E-state index in [2.05, 4.69) is 104 Å². The van der Waals surface area contributed by atoms with E-state index in [0.717, 1.165) is 82.0 Å². The van der Waals surface area contributed by atoms with Gasteiger partial charge in [0.15, 0.2) is 0 Å². The number of carbonyl (C=O) groups excluding carboxylic acids is 2. The van der Waals surface area contributed by atoms with E-state index in [-0.39, 0.29) is 11.8 Å². The predicted octanol–water partition coefficient (Wildman–Crippen LogP) is 8.67. The molecule has 0 fully saturated rings. The van der Waals surface area contributed by atoms with Crippen molar-refractivity contribution in [1.29, 1.82) is 0 Å². The SMILES string of the molecule is Cc1cc(CN(C)Cc2c3ccccc3c(CN(C)C(=O)c3ccc(C(=O)N(C)Cc4c5ccccc5c(CN(C)Cc5cc(OBO)cc(OBO)c5)c5ccccc45)cc3C(C)(C)C)c3ccccc23)cc(B(O)O)c1. The summed E-state index contributed by atoms with van der Waals surface area (Å²) in [6.07, 6.45) is 0. The second kappa shape index (κ2) is 23.6. The van der Waals surface area contributed by atoms with Crippen LogP contribution in [0.2, 0.25) is 0 Å². The lowest BCUT2D eigenvalue weighted by molar-refractivity contribution is 0.0772. The molecular formula is C63H67B3N4O8. The molecular weight excluding hydrogens is 973 g/mol. The van der Waals surface area contributed by atoms with Gasteiger partial charge in [0, 0.05) is 70.6 Å². The normalized spacial score (nSPS) is 11.7. The average molecular weight is 1040 g/mol. The summed E-state index contributed by atoms with van der Waals surface area (Å²) >= 11 is 0. The number of benzene rings is 9. The van der Waals surface area contributed by atoms with E-state index in [4.69, 9.17) is 9.31 Å². The Bertz CT molecular complexity index is 3560. The van der Waals surface area contributed by atoms with Gasteiger partial charge in [-0.3, -0.25) is 19.4 Å². The van der Waals surface area contributed by atoms with Crippen molar-refractivity contribution in [3.8, 4) is 11.5 Å². The Morgan fingerprint density at radius 3 is 1.26 bits per heavy atom. The topological polar surface area (TPSA) is 146 Å². The minimum absolute atomic E-state index is 0.136. The summed E-state index contributed by atoms with van der Waals surface area (Å²) in [7, 11) is 5.29. The average Bonchev–Trinajstić information content (AvgIpc) is 3.59. The van der Waals surface area contributed by atoms with Crippen LogP contribution in [-0.2, 0) is 44.7 Å². The van der Waals surface area contributed by atoms with Crippen molar-refractivity contribution in [3.05, 3.63) is 207 Å². The summed E-state index contributed by atoms with van der Waals surface area (Å²) in [4.78, 5) is 37.6. The Kier molecular flexibility index (Phi) is 16.7. The van der Waals surface area contributed by atoms with Gasteiger partial charge in [-0.2, -0.15) is 0 Å². The molecule has 15 heteroatoms. The highest BCUT2D eigenvalue weighted by atomic mass is 16.5. The Balaban J connectivity index is 0.972. The molecule has 0 radical (unpaired) electrons. The van der Waals surface area contributed by atoms with E-state index in [1.807, 2.05) is 94.8 Å². The molecule has 0 unspecified atom stereocenters. The first-order valence-electron chi connectivity index (χ1n) is 26.3. The number of rotatable bonds is 19. The Labute approximate surface area is 458 Å². The number of nitrogens with zero attached hydrogens (tertiary/aromatic N) is 4. The summed E-state index contributed by atoms with van der Waals surface area (Å²) < 4.78 is 10.7. The van der Waals surface area contributed by atoms with Crippen LogP contribution in [-0.4, -0.2) is 102 Å². The van der Waals surface area contributed by atoms with Crippen LogP contribution in [0.5, 0.6) is 11.5 Å². The largest absolute Gasteiger partial charge is 0.539 e. The quantitative estimate of drug-likeness (QED) is 0.0459. The van der Waals surface area contributed by atoms with Crippen molar-refractivity contribution in [1.82, 2.24) is 19.6 Å². The Morgan fingerprint density at radius 2 is 0.872 bits per heavy atom. The van der Waals surface area contributed by atoms with Gasteiger partial charge in [-0.05, 0) is 144 Å². The van der Waals surface area contributed by atoms with Crippen molar-refractivity contribution >= 4 is 82.9 Å². The molecule has 9 rings (SSSR count). The van der Waals surface area contributed by atoms with Crippen LogP contribution in [0.1, 0.15) is 86.0 Å². The van der Waals surface area contributed by atoms with E-state index < -0.39 is 27.9 Å². The zero-order valence-corrected chi connectivity index (χ0v) is 45.9. The van der Waals surface area contributed by atoms with Gasteiger partial charge in [0.1, 0.15) is 11.5 Å². The van der Waals surface area contributed by atoms with Gasteiger partial charge in [0.2, 0.25) is 0 Å². The number of hydrogen-bond acceptors (Lipinski definition) is 10. The molecule has 0 aliphatic rings. The molecule has 0 aromatic heterocycles. The summed E-state index contributed by atoms with van der Waals surface area (Å²) in [5.74, 6) is 0.587. The van der Waals surface area contributed by atoms with E-state index in [9.17, 15) is 29.7 Å². The minimum Gasteiger partial charge on any atom is -0.539 e. The van der Waals surface area contributed by atoms with Crippen molar-refractivity contribution < 1.29 is 39.0 Å². The zero-order valence-electron chi connectivity index (χ0n) is 45.9. The molecule has 4 N–H and O–H groups in total. The second-order valence-corrected chi connectivity index (χ2v) is 21.8. The van der Waals surface area contributed by atoms with Gasteiger partial charge in [0.25, 0.3) is 11.8 Å². The third kappa shape index (κ3) is 12.0. The number of fused-ring (bicyclic) bond motifs is 4. The highest BCUT2D eigenvalue weighted by Crippen LogP contribution is 2.38. The molecule has 0 saturated heterocycles. The van der Waals surface area contributed by atoms with Crippen LogP contribution in [0.25, 0.3) is 43.1 Å². The molecule has 0 spiro atoms. The molecule has 0 bridgehead atoms. The first-order valence-corrected chi connectivity index (χ1v) is 26.3. The summed E-state index contributed by atoms with van der Waals surface area (Å²) in [5, 5.41) is 47.3. The van der Waals surface area contributed by atoms with Crippen LogP contribution in [0.15, 0.2) is 152 Å². The smallest absolute Gasteiger partial charge is 0.504 e. The number of amides is 2. The molecule has 9 aromatic rings. The highest BCUT2D eigenvalue weighted by Gasteiger charge is 2.28. The number of carbonyl (C=O) groups is 2. The maximum Gasteiger partial charge on any atom is 0.504 e. The van der Waals surface area contributed by atoms with Crippen molar-refractivity contribution in [2.45, 2.75) is 72.4 Å². The van der Waals surface area contributed by atoms with Crippen molar-refractivity contribution in [2.75, 3.05) is 28.2 Å². The first kappa shape index (κ1) is 55.3. The third-order valence-corrected chi connectivity index (χ3v) is 14.7. The predicted molar refractivity (Wildman–Crippen MR) is 317 cm³/mol. The van der Waals surface area contributed by atoms with Crippen LogP contribution >= 0.6 is 0 Å². The van der Waals surface area contributed by atoms with E-state index >= 15 is 0 Å². The van der Waals surface area contributed by atoms with Gasteiger partial charge in [-0.25, -0.2) is 0 Å². The highest BCUT2D eigenvalue weighted by molar-refractivity contribution is 6.58. The van der Waals surface area contributed by atoms with Crippen LogP contribution in [0, 0.1) is 6.92 Å². The lowest BCUT2D eigenvalue weighted by atomic mass is 9.78. The third-order valence-electron chi connectivity index (χ3n) is 14.7. The molecule has 12 nitrogen and oxygen atoms in total. The summed E-state index contributed by atoms with van der Waals surface area (Å²) in [5.41, 5.74) is 9.09. The molecule has 2 amide bonds. The molecule has 396 valence electrons. The maximum atomic E-state index is 14.9. The Hall–Kier alpha value is -7.49. The fourth-order valence-corrected chi connectivity index (χ4v) is 11.3. The fraction of sp³-hybridized carbons (Fsp3) is 0.238. The lowest BCUT2D eigenvalue weighted by Crippen LogP contribution is -2.31. The monoisotopic (exact) mass is 1040 g/mol. The van der Waals surface area contributed by atoms with Gasteiger partial charge >= 0.3 is 22.5 Å². The van der Waals surface area contributed by atoms with Gasteiger partial charge in [0.05, 0.1) is 0 Å². The van der Waals surface area contributed by atoms with E-state index in [1.165, 1.54) is 5.56 Å². The van der Waals surface area contributed by atoms with E-state index in [0.29, 0.717) is 67.4 Å². The molecule has 0 heterocycles. The fourth-order valence-electron chi connectivity index (χ4n) is 11.3. The van der Waals surface area contributed by atoms with Gasteiger partial charge < -0.3 is 39.2 Å². The lowest BCUT2D eigenvalue weighted by Gasteiger charge is -2.28. The Morgan fingerprint density at radius 1 is 0.487 bits per heavy atom. The van der Waals surface area contributed by atoms with Crippen molar-refractivity contribution in [3.63, 3.8) is 0 Å². The molecule has 0 atom stereocenters. The molecule has 0 saturated carbocycles. The molecule has 9 aromatic carbocycles. The summed E-state index contributed by atoms with van der Waals surface area (Å²) in [6, 6.07) is 50.0. The molecule has 0 aliphatic heterocycles. The van der Waals surface area contributed by atoms with Crippen LogP contribution in [0.4, 0.5) is 0 Å². The minimum atomic E-state index is -1.54. The van der Waals surface area contributed by atoms with Crippen LogP contribution < -0.4 is 14.8 Å². The van der Waals surface area contributed by atoms with E-state index in [1.54, 1.807) is 28.0 Å². The number of aryl methyl sites for hydroxylation is 1. The summed E-state index contributed by atoms with van der Waals surface area (Å²) in [6.45, 7) is 11.3. The maximum absolute atomic E-state index is 14.9. The molecule has 78 heavy (non-hydrogen) atoms. The molecule has 0 aliphatic carbocycles. The van der Waals surface area contributed by atoms with Gasteiger partial charge in [-0.15, -0.1) is 0 Å². The second-order valence-electron chi connectivity index (χ2n) is 21.8.